The molecule has 0 radical (unpaired) electrons. The molecule has 7 heterocycles. The van der Waals surface area contributed by atoms with E-state index in [0.717, 1.165) is 62.2 Å². The van der Waals surface area contributed by atoms with E-state index in [1.54, 1.807) is 36.3 Å². The van der Waals surface area contributed by atoms with Crippen molar-refractivity contribution in [3.63, 3.8) is 0 Å². The van der Waals surface area contributed by atoms with Crippen LogP contribution in [0.2, 0.25) is 0 Å². The number of aliphatic hydroxyl groups is 2. The van der Waals surface area contributed by atoms with E-state index in [1.807, 2.05) is 51.4 Å². The summed E-state index contributed by atoms with van der Waals surface area (Å²) in [4.78, 5) is 21.0. The zero-order chi connectivity index (χ0) is 50.8. The Morgan fingerprint density at radius 3 is 1.47 bits per heavy atom. The average Bonchev–Trinajstić information content (AvgIpc) is 4.28. The van der Waals surface area contributed by atoms with Crippen LogP contribution in [0.4, 0.5) is 0 Å². The van der Waals surface area contributed by atoms with Crippen LogP contribution in [0, 0.1) is 0 Å². The second kappa shape index (κ2) is 48.8. The molecule has 396 valence electrons. The van der Waals surface area contributed by atoms with Gasteiger partial charge in [-0.2, -0.15) is 0 Å². The monoisotopic (exact) mass is 1310 g/mol. The van der Waals surface area contributed by atoms with E-state index >= 15 is 0 Å². The van der Waals surface area contributed by atoms with Crippen molar-refractivity contribution in [3.8, 4) is 0 Å². The van der Waals surface area contributed by atoms with Crippen LogP contribution in [-0.2, 0) is 73.7 Å². The predicted octanol–water partition coefficient (Wildman–Crippen LogP) is 1.10. The Labute approximate surface area is 600 Å². The number of rotatable bonds is 13. The van der Waals surface area contributed by atoms with Crippen LogP contribution in [0.25, 0.3) is 6.08 Å². The van der Waals surface area contributed by atoms with Gasteiger partial charge in [0.05, 0.1) is 16.3 Å². The first-order valence-corrected chi connectivity index (χ1v) is 29.1. The third kappa shape index (κ3) is 31.1. The zero-order valence-corrected chi connectivity index (χ0v) is 60.1. The average molecular weight is 1310 g/mol. The Hall–Kier alpha value is 0.323. The van der Waals surface area contributed by atoms with Gasteiger partial charge in [0.1, 0.15) is 19.6 Å². The SMILES string of the molecule is BrCc1cccs1.C=Cc1ccccc1CN(Cc1cccs1)Cc1cccs1.CCO.CCO.O=CO[O-].[Br-].[H-].[K+].[K+].[Na+].[OH-].c1ccc2c(c1)CCNC2.c1csc(C[N+]2(Cc3cccs3)CCc3ccccc3C2)c1. The van der Waals surface area contributed by atoms with Crippen molar-refractivity contribution in [2.45, 2.75) is 77.8 Å². The van der Waals surface area contributed by atoms with Gasteiger partial charge >= 0.3 is 132 Å². The van der Waals surface area contributed by atoms with Crippen molar-refractivity contribution < 1.29 is 186 Å². The van der Waals surface area contributed by atoms with Crippen LogP contribution in [-0.4, -0.2) is 57.8 Å². The number of nitrogens with zero attached hydrogens (tertiary/aromatic N) is 2. The second-order valence-corrected chi connectivity index (χ2v) is 21.9. The fourth-order valence-corrected chi connectivity index (χ4v) is 12.2. The van der Waals surface area contributed by atoms with Gasteiger partial charge in [0.25, 0.3) is 6.47 Å². The molecule has 9 nitrogen and oxygen atoms in total. The predicted molar refractivity (Wildman–Crippen MR) is 308 cm³/mol. The first-order chi connectivity index (χ1) is 34.8. The number of alkyl halides is 1. The van der Waals surface area contributed by atoms with Gasteiger partial charge in [-0.25, -0.2) is 0 Å². The third-order valence-electron chi connectivity index (χ3n) is 11.0. The number of halogens is 2. The summed E-state index contributed by atoms with van der Waals surface area (Å²) in [6.07, 6.45) is 4.34. The Bertz CT molecular complexity index is 2470. The summed E-state index contributed by atoms with van der Waals surface area (Å²) >= 11 is 12.6. The molecular weight excluding hydrogens is 1240 g/mol. The van der Waals surface area contributed by atoms with Crippen molar-refractivity contribution in [1.29, 1.82) is 0 Å². The number of thiophene rings is 5. The fourth-order valence-electron chi connectivity index (χ4n) is 7.89. The summed E-state index contributed by atoms with van der Waals surface area (Å²) in [5, 5.41) is 38.7. The number of fused-ring (bicyclic) bond motifs is 2. The molecule has 4 N–H and O–H groups in total. The number of carbonyl (C=O) groups is 1. The van der Waals surface area contributed by atoms with E-state index in [4.69, 9.17) is 20.3 Å². The van der Waals surface area contributed by atoms with Gasteiger partial charge < -0.3 is 54.0 Å². The molecular formula is C57H70Br2K2N3NaO6S5. The maximum Gasteiger partial charge on any atom is 1.00 e. The molecule has 0 unspecified atom stereocenters. The largest absolute Gasteiger partial charge is 1.00 e. The minimum Gasteiger partial charge on any atom is -1.00 e. The molecule has 0 aliphatic carbocycles. The van der Waals surface area contributed by atoms with Crippen molar-refractivity contribution in [2.75, 3.05) is 26.3 Å². The summed E-state index contributed by atoms with van der Waals surface area (Å²) in [7, 11) is 0. The molecule has 2 aliphatic rings. The summed E-state index contributed by atoms with van der Waals surface area (Å²) in [5.41, 5.74) is 8.64. The maximum absolute atomic E-state index is 8.64. The molecule has 0 saturated heterocycles. The molecule has 19 heteroatoms. The molecule has 0 atom stereocenters. The molecule has 0 fully saturated rings. The van der Waals surface area contributed by atoms with Crippen LogP contribution in [0.5, 0.6) is 0 Å². The van der Waals surface area contributed by atoms with E-state index in [9.17, 15) is 0 Å². The van der Waals surface area contributed by atoms with Gasteiger partial charge in [0.15, 0.2) is 0 Å². The van der Waals surface area contributed by atoms with Crippen molar-refractivity contribution in [3.05, 3.63) is 225 Å². The topological polar surface area (TPSA) is 135 Å². The van der Waals surface area contributed by atoms with E-state index in [-0.39, 0.29) is 176 Å². The van der Waals surface area contributed by atoms with Gasteiger partial charge in [0, 0.05) is 71.3 Å². The summed E-state index contributed by atoms with van der Waals surface area (Å²) in [6, 6.07) is 47.9. The zero-order valence-electron chi connectivity index (χ0n) is 45.6. The van der Waals surface area contributed by atoms with E-state index in [2.05, 4.69) is 198 Å². The van der Waals surface area contributed by atoms with E-state index < -0.39 is 0 Å². The molecule has 0 saturated carbocycles. The Morgan fingerprint density at radius 1 is 0.658 bits per heavy atom. The Balaban J connectivity index is -0.000000925. The number of hydrogen-bond donors (Lipinski definition) is 3. The van der Waals surface area contributed by atoms with Crippen LogP contribution < -0.4 is 160 Å². The fraction of sp³-hybridized carbons (Fsp3) is 0.281. The number of hydrogen-bond acceptors (Lipinski definition) is 13. The molecule has 10 rings (SSSR count). The number of benzene rings is 3. The maximum atomic E-state index is 8.64. The number of nitrogens with one attached hydrogen (secondary N) is 1. The van der Waals surface area contributed by atoms with Gasteiger partial charge in [-0.05, 0) is 112 Å². The van der Waals surface area contributed by atoms with Gasteiger partial charge in [-0.15, -0.1) is 56.7 Å². The molecule has 0 amide bonds. The molecule has 76 heavy (non-hydrogen) atoms. The van der Waals surface area contributed by atoms with Crippen molar-refractivity contribution >= 4 is 85.2 Å². The summed E-state index contributed by atoms with van der Waals surface area (Å²) in [6.45, 7) is 17.4. The number of aliphatic hydroxyl groups excluding tert-OH is 2. The van der Waals surface area contributed by atoms with Gasteiger partial charge in [-0.1, -0.05) is 132 Å². The first-order valence-electron chi connectivity index (χ1n) is 23.6. The molecule has 8 aromatic rings. The molecule has 0 bridgehead atoms. The minimum absolute atomic E-state index is 0. The van der Waals surface area contributed by atoms with Gasteiger partial charge in [-0.3, -0.25) is 9.69 Å². The van der Waals surface area contributed by atoms with E-state index in [0.29, 0.717) is 0 Å². The minimum atomic E-state index is -0.181. The van der Waals surface area contributed by atoms with Crippen LogP contribution in [0.15, 0.2) is 167 Å². The van der Waals surface area contributed by atoms with Crippen molar-refractivity contribution in [2.24, 2.45) is 0 Å². The van der Waals surface area contributed by atoms with Crippen LogP contribution in [0.1, 0.15) is 73.0 Å². The normalized spacial score (nSPS) is 11.7. The first kappa shape index (κ1) is 78.4. The summed E-state index contributed by atoms with van der Waals surface area (Å²) in [5.74, 6) is 0. The van der Waals surface area contributed by atoms with Crippen LogP contribution in [0.3, 0.4) is 0 Å². The molecule has 0 spiro atoms. The van der Waals surface area contributed by atoms with E-state index in [1.165, 1.54) is 66.0 Å². The number of carbonyl (C=O) groups excluding carboxylic acids is 1. The number of quaternary nitrogens is 1. The Morgan fingerprint density at radius 2 is 1.07 bits per heavy atom. The Kier molecular flexibility index (Phi) is 50.4. The molecule has 3 aromatic carbocycles. The third-order valence-corrected chi connectivity index (χ3v) is 16.3. The molecule has 2 aliphatic heterocycles. The smallest absolute Gasteiger partial charge is 1.00 e. The van der Waals surface area contributed by atoms with Crippen molar-refractivity contribution in [1.82, 2.24) is 10.2 Å². The molecule has 5 aromatic heterocycles. The summed E-state index contributed by atoms with van der Waals surface area (Å²) < 4.78 is 1.16. The second-order valence-electron chi connectivity index (χ2n) is 16.2. The standard InChI is InChI=1S/C19H20NS2.C19H19NS2.C9H11N.C5H5BrS.2C2H6O.CH2O3.BrH.2K.Na.H2O.H/c1-2-6-17-13-20(10-9-16(17)5-1,14-18-7-3-11-21-18)15-19-8-4-12-22-19;1-2-16-7-3-4-8-17(16)13-20(14-18-9-5-11-21-18)15-19-10-6-12-22-19;1-2-4-9-7-10-6-5-8(9)3-1;6-4-5-2-1-3-7-5;2*1-2-3;2-1-4-3;;;;;;/h1-8,11-12H,9-10,13-15H2;2-12H,1,13-15H2;1-4,10H,5-7H2;1-3H,4H2;2*3H,2H2,1H3;1,3H;1H;;;;1H2;/q+1;;;;;;;;3*+1;;-1/p-3. The quantitative estimate of drug-likeness (QED) is 0.0391. The van der Waals surface area contributed by atoms with Gasteiger partial charge in [0.2, 0.25) is 0 Å². The van der Waals surface area contributed by atoms with Crippen LogP contribution >= 0.6 is 72.6 Å².